The third-order valence-corrected chi connectivity index (χ3v) is 3.60. The van der Waals surface area contributed by atoms with Crippen LogP contribution in [0.15, 0.2) is 28.7 Å². The Morgan fingerprint density at radius 2 is 2.06 bits per heavy atom. The fourth-order valence-corrected chi connectivity index (χ4v) is 2.85. The first kappa shape index (κ1) is 13.8. The molecule has 0 bridgehead atoms. The molecule has 1 heterocycles. The van der Waals surface area contributed by atoms with E-state index in [-0.39, 0.29) is 0 Å². The molecular weight excluding hydrogens is 292 g/mol. The van der Waals surface area contributed by atoms with Gasteiger partial charge in [0.1, 0.15) is 12.4 Å². The highest BCUT2D eigenvalue weighted by atomic mass is 79.9. The van der Waals surface area contributed by atoms with E-state index in [1.807, 2.05) is 24.3 Å². The molecule has 1 N–H and O–H groups in total. The summed E-state index contributed by atoms with van der Waals surface area (Å²) in [5.74, 6) is 0.931. The lowest BCUT2D eigenvalue weighted by Crippen LogP contribution is -2.54. The molecule has 1 saturated heterocycles. The number of nitrogens with zero attached hydrogens (tertiary/aromatic N) is 1. The molecule has 1 aliphatic rings. The van der Waals surface area contributed by atoms with Crippen LogP contribution in [0.1, 0.15) is 13.8 Å². The summed E-state index contributed by atoms with van der Waals surface area (Å²) in [5, 5.41) is 3.54. The van der Waals surface area contributed by atoms with Gasteiger partial charge in [0.15, 0.2) is 0 Å². The number of piperazine rings is 1. The maximum Gasteiger partial charge on any atom is 0.120 e. The summed E-state index contributed by atoms with van der Waals surface area (Å²) in [6, 6.07) is 9.14. The van der Waals surface area contributed by atoms with E-state index in [0.717, 1.165) is 36.5 Å². The number of halogens is 1. The van der Waals surface area contributed by atoms with Crippen molar-refractivity contribution >= 4 is 15.9 Å². The van der Waals surface area contributed by atoms with Gasteiger partial charge in [-0.1, -0.05) is 22.0 Å². The van der Waals surface area contributed by atoms with Crippen LogP contribution in [0.4, 0.5) is 0 Å². The SMILES string of the molecule is CC1CN(CCOc2cccc(Br)c2)CC(C)N1. The molecule has 3 nitrogen and oxygen atoms in total. The first-order chi connectivity index (χ1) is 8.63. The largest absolute Gasteiger partial charge is 0.492 e. The van der Waals surface area contributed by atoms with Crippen LogP contribution in [0.5, 0.6) is 5.75 Å². The van der Waals surface area contributed by atoms with Crippen molar-refractivity contribution in [3.63, 3.8) is 0 Å². The van der Waals surface area contributed by atoms with Crippen LogP contribution in [0.2, 0.25) is 0 Å². The minimum Gasteiger partial charge on any atom is -0.492 e. The molecule has 2 atom stereocenters. The first-order valence-electron chi connectivity index (χ1n) is 6.50. The van der Waals surface area contributed by atoms with Crippen molar-refractivity contribution in [2.75, 3.05) is 26.2 Å². The summed E-state index contributed by atoms with van der Waals surface area (Å²) in [7, 11) is 0. The fourth-order valence-electron chi connectivity index (χ4n) is 2.47. The molecule has 1 aromatic rings. The highest BCUT2D eigenvalue weighted by Gasteiger charge is 2.20. The molecule has 2 rings (SSSR count). The molecule has 100 valence electrons. The second kappa shape index (κ2) is 6.55. The second-order valence-corrected chi connectivity index (χ2v) is 5.95. The van der Waals surface area contributed by atoms with E-state index in [1.54, 1.807) is 0 Å². The van der Waals surface area contributed by atoms with Gasteiger partial charge in [-0.3, -0.25) is 4.90 Å². The minimum absolute atomic E-state index is 0.569. The lowest BCUT2D eigenvalue weighted by Gasteiger charge is -2.35. The van der Waals surface area contributed by atoms with E-state index in [1.165, 1.54) is 0 Å². The van der Waals surface area contributed by atoms with Gasteiger partial charge in [-0.2, -0.15) is 0 Å². The van der Waals surface area contributed by atoms with Gasteiger partial charge < -0.3 is 10.1 Å². The van der Waals surface area contributed by atoms with Gasteiger partial charge in [0, 0.05) is 36.2 Å². The van der Waals surface area contributed by atoms with Gasteiger partial charge in [0.2, 0.25) is 0 Å². The number of rotatable bonds is 4. The smallest absolute Gasteiger partial charge is 0.120 e. The Kier molecular flexibility index (Phi) is 5.03. The minimum atomic E-state index is 0.569. The normalized spacial score (nSPS) is 25.1. The summed E-state index contributed by atoms with van der Waals surface area (Å²) >= 11 is 3.45. The predicted octanol–water partition coefficient (Wildman–Crippen LogP) is 2.51. The number of ether oxygens (including phenoxy) is 1. The van der Waals surface area contributed by atoms with E-state index in [0.29, 0.717) is 12.1 Å². The van der Waals surface area contributed by atoms with Gasteiger partial charge in [0.05, 0.1) is 0 Å². The quantitative estimate of drug-likeness (QED) is 0.924. The standard InChI is InChI=1S/C14H21BrN2O/c1-11-9-17(10-12(2)16-11)6-7-18-14-5-3-4-13(15)8-14/h3-5,8,11-12,16H,6-7,9-10H2,1-2H3. The Labute approximate surface area is 118 Å². The molecule has 1 aromatic carbocycles. The average Bonchev–Trinajstić information content (AvgIpc) is 2.27. The molecule has 0 aromatic heterocycles. The molecule has 1 aliphatic heterocycles. The summed E-state index contributed by atoms with van der Waals surface area (Å²) in [5.41, 5.74) is 0. The lowest BCUT2D eigenvalue weighted by atomic mass is 10.1. The predicted molar refractivity (Wildman–Crippen MR) is 78.1 cm³/mol. The Bertz CT molecular complexity index is 376. The monoisotopic (exact) mass is 312 g/mol. The molecule has 0 radical (unpaired) electrons. The molecule has 0 aliphatic carbocycles. The van der Waals surface area contributed by atoms with Crippen molar-refractivity contribution in [3.8, 4) is 5.75 Å². The molecule has 0 amide bonds. The van der Waals surface area contributed by atoms with Crippen LogP contribution in [0.3, 0.4) is 0 Å². The molecule has 0 spiro atoms. The van der Waals surface area contributed by atoms with Crippen LogP contribution < -0.4 is 10.1 Å². The van der Waals surface area contributed by atoms with Gasteiger partial charge in [-0.25, -0.2) is 0 Å². The van der Waals surface area contributed by atoms with Crippen molar-refractivity contribution in [1.29, 1.82) is 0 Å². The van der Waals surface area contributed by atoms with E-state index in [9.17, 15) is 0 Å². The van der Waals surface area contributed by atoms with Crippen LogP contribution >= 0.6 is 15.9 Å². The molecule has 4 heteroatoms. The number of nitrogens with one attached hydrogen (secondary N) is 1. The fraction of sp³-hybridized carbons (Fsp3) is 0.571. The van der Waals surface area contributed by atoms with E-state index >= 15 is 0 Å². The second-order valence-electron chi connectivity index (χ2n) is 5.03. The summed E-state index contributed by atoms with van der Waals surface area (Å²) in [6.45, 7) is 8.41. The summed E-state index contributed by atoms with van der Waals surface area (Å²) in [6.07, 6.45) is 0. The third-order valence-electron chi connectivity index (χ3n) is 3.11. The van der Waals surface area contributed by atoms with Crippen LogP contribution in [-0.2, 0) is 0 Å². The zero-order valence-corrected chi connectivity index (χ0v) is 12.6. The number of benzene rings is 1. The molecule has 0 saturated carbocycles. The molecular formula is C14H21BrN2O. The van der Waals surface area contributed by atoms with Crippen LogP contribution in [0, 0.1) is 0 Å². The highest BCUT2D eigenvalue weighted by molar-refractivity contribution is 9.10. The van der Waals surface area contributed by atoms with Crippen molar-refractivity contribution < 1.29 is 4.74 Å². The van der Waals surface area contributed by atoms with Crippen LogP contribution in [0.25, 0.3) is 0 Å². The van der Waals surface area contributed by atoms with Gasteiger partial charge in [0.25, 0.3) is 0 Å². The Morgan fingerprint density at radius 1 is 1.33 bits per heavy atom. The number of hydrogen-bond acceptors (Lipinski definition) is 3. The lowest BCUT2D eigenvalue weighted by molar-refractivity contribution is 0.146. The maximum atomic E-state index is 5.77. The highest BCUT2D eigenvalue weighted by Crippen LogP contribution is 2.17. The number of hydrogen-bond donors (Lipinski definition) is 1. The van der Waals surface area contributed by atoms with Gasteiger partial charge >= 0.3 is 0 Å². The molecule has 2 unspecified atom stereocenters. The van der Waals surface area contributed by atoms with Crippen LogP contribution in [-0.4, -0.2) is 43.2 Å². The Hall–Kier alpha value is -0.580. The van der Waals surface area contributed by atoms with Gasteiger partial charge in [-0.15, -0.1) is 0 Å². The zero-order valence-electron chi connectivity index (χ0n) is 11.0. The van der Waals surface area contributed by atoms with Gasteiger partial charge in [-0.05, 0) is 32.0 Å². The third kappa shape index (κ3) is 4.26. The van der Waals surface area contributed by atoms with Crippen molar-refractivity contribution in [2.24, 2.45) is 0 Å². The average molecular weight is 313 g/mol. The zero-order chi connectivity index (χ0) is 13.0. The summed E-state index contributed by atoms with van der Waals surface area (Å²) < 4.78 is 6.83. The van der Waals surface area contributed by atoms with Crippen molar-refractivity contribution in [3.05, 3.63) is 28.7 Å². The first-order valence-corrected chi connectivity index (χ1v) is 7.29. The maximum absolute atomic E-state index is 5.77. The van der Waals surface area contributed by atoms with Crippen molar-refractivity contribution in [1.82, 2.24) is 10.2 Å². The Morgan fingerprint density at radius 3 is 2.72 bits per heavy atom. The Balaban J connectivity index is 1.75. The van der Waals surface area contributed by atoms with Crippen molar-refractivity contribution in [2.45, 2.75) is 25.9 Å². The topological polar surface area (TPSA) is 24.5 Å². The molecule has 1 fully saturated rings. The van der Waals surface area contributed by atoms with E-state index < -0.39 is 0 Å². The van der Waals surface area contributed by atoms with E-state index in [2.05, 4.69) is 40.0 Å². The molecule has 18 heavy (non-hydrogen) atoms. The summed E-state index contributed by atoms with van der Waals surface area (Å²) in [4.78, 5) is 2.46. The van der Waals surface area contributed by atoms with E-state index in [4.69, 9.17) is 4.74 Å².